The molecule has 0 N–H and O–H groups in total. The summed E-state index contributed by atoms with van der Waals surface area (Å²) in [5.74, 6) is 1.09. The van der Waals surface area contributed by atoms with Crippen LogP contribution in [0.3, 0.4) is 0 Å². The normalized spacial score (nSPS) is 15.4. The second-order valence-corrected chi connectivity index (χ2v) is 12.9. The molecule has 4 aromatic carbocycles. The molecule has 0 spiro atoms. The lowest BCUT2D eigenvalue weighted by Gasteiger charge is -2.30. The van der Waals surface area contributed by atoms with Gasteiger partial charge >= 0.3 is 0 Å². The largest absolute Gasteiger partial charge is 0.490 e. The Hall–Kier alpha value is -4.80. The van der Waals surface area contributed by atoms with Gasteiger partial charge < -0.3 is 9.47 Å². The third kappa shape index (κ3) is 5.70. The number of hydrogen-bond acceptors (Lipinski definition) is 7. The molecule has 1 aliphatic carbocycles. The molecule has 7 rings (SSSR count). The van der Waals surface area contributed by atoms with Crippen molar-refractivity contribution in [1.82, 2.24) is 4.57 Å². The van der Waals surface area contributed by atoms with Crippen LogP contribution in [0.1, 0.15) is 47.2 Å². The van der Waals surface area contributed by atoms with Crippen molar-refractivity contribution in [1.29, 1.82) is 0 Å². The lowest BCUT2D eigenvalue weighted by molar-refractivity contribution is -0.384. The van der Waals surface area contributed by atoms with Crippen molar-refractivity contribution in [3.8, 4) is 11.5 Å². The Labute approximate surface area is 276 Å². The smallest absolute Gasteiger partial charge is 0.271 e. The first-order chi connectivity index (χ1) is 22.4. The van der Waals surface area contributed by atoms with Gasteiger partial charge in [0.2, 0.25) is 0 Å². The maximum Gasteiger partial charge on any atom is 0.271 e. The Balaban J connectivity index is 1.27. The Kier molecular flexibility index (Phi) is 8.14. The molecule has 0 saturated heterocycles. The maximum absolute atomic E-state index is 14.1. The zero-order valence-electron chi connectivity index (χ0n) is 24.8. The molecule has 0 bridgehead atoms. The van der Waals surface area contributed by atoms with Gasteiger partial charge in [-0.15, -0.1) is 0 Å². The molecule has 46 heavy (non-hydrogen) atoms. The number of hydrogen-bond donors (Lipinski definition) is 0. The van der Waals surface area contributed by atoms with Crippen molar-refractivity contribution >= 4 is 44.7 Å². The second-order valence-electron chi connectivity index (χ2n) is 11.0. The first kappa shape index (κ1) is 29.9. The van der Waals surface area contributed by atoms with Crippen LogP contribution in [0.15, 0.2) is 111 Å². The average Bonchev–Trinajstić information content (AvgIpc) is 3.38. The van der Waals surface area contributed by atoms with Gasteiger partial charge in [-0.3, -0.25) is 19.5 Å². The molecular formula is C36H28BrN3O5S. The van der Waals surface area contributed by atoms with Gasteiger partial charge in [0.1, 0.15) is 6.61 Å². The number of thiazole rings is 1. The van der Waals surface area contributed by atoms with E-state index in [4.69, 9.17) is 14.5 Å². The van der Waals surface area contributed by atoms with E-state index in [1.807, 2.05) is 54.0 Å². The maximum atomic E-state index is 14.1. The fourth-order valence-electron chi connectivity index (χ4n) is 6.00. The number of nitro benzene ring substituents is 1. The van der Waals surface area contributed by atoms with Crippen molar-refractivity contribution < 1.29 is 14.4 Å². The highest BCUT2D eigenvalue weighted by Crippen LogP contribution is 2.41. The number of nitrogens with zero attached hydrogens (tertiary/aromatic N) is 3. The number of aryl methyl sites for hydroxylation is 1. The van der Waals surface area contributed by atoms with E-state index in [1.165, 1.54) is 29.0 Å². The van der Waals surface area contributed by atoms with Gasteiger partial charge in [-0.05, 0) is 90.1 Å². The summed E-state index contributed by atoms with van der Waals surface area (Å²) in [5.41, 5.74) is 7.12. The van der Waals surface area contributed by atoms with Gasteiger partial charge in [-0.1, -0.05) is 69.7 Å². The fraction of sp³-hybridized carbons (Fsp3) is 0.167. The van der Waals surface area contributed by atoms with E-state index in [9.17, 15) is 14.9 Å². The average molecular weight is 695 g/mol. The molecule has 1 aromatic heterocycles. The predicted molar refractivity (Wildman–Crippen MR) is 182 cm³/mol. The minimum Gasteiger partial charge on any atom is -0.490 e. The topological polar surface area (TPSA) is 96.0 Å². The Morgan fingerprint density at radius 2 is 1.78 bits per heavy atom. The van der Waals surface area contributed by atoms with Crippen LogP contribution in [0, 0.1) is 10.1 Å². The van der Waals surface area contributed by atoms with Crippen LogP contribution in [-0.2, 0) is 13.0 Å². The van der Waals surface area contributed by atoms with Gasteiger partial charge in [0.05, 0.1) is 27.8 Å². The number of nitro groups is 1. The molecule has 8 nitrogen and oxygen atoms in total. The second kappa shape index (κ2) is 12.5. The molecule has 1 atom stereocenters. The third-order valence-corrected chi connectivity index (χ3v) is 9.68. The van der Waals surface area contributed by atoms with Crippen LogP contribution in [0.2, 0.25) is 0 Å². The molecule has 230 valence electrons. The standard InChI is InChI=1S/C36H28BrN3O5S/c1-2-44-31-19-23(9-18-30(31)45-21-22-7-15-27(16-8-22)40(42)43)20-32-35(41)39-34(25-10-13-26(37)14-11-25)29-17-12-24-5-3-4-6-28(24)33(29)38-36(39)46-32/h3-11,13-16,18-20,34H,2,12,17,21H2,1H3/b32-20+/t34-/m0/s1. The molecule has 2 aliphatic rings. The highest BCUT2D eigenvalue weighted by atomic mass is 79.9. The van der Waals surface area contributed by atoms with E-state index in [0.29, 0.717) is 27.4 Å². The number of allylic oxidation sites excluding steroid dienone is 1. The van der Waals surface area contributed by atoms with Crippen LogP contribution >= 0.6 is 27.3 Å². The van der Waals surface area contributed by atoms with Crippen LogP contribution in [0.5, 0.6) is 11.5 Å². The lowest BCUT2D eigenvalue weighted by atomic mass is 9.83. The van der Waals surface area contributed by atoms with Crippen molar-refractivity contribution in [2.45, 2.75) is 32.4 Å². The number of non-ortho nitro benzene ring substituents is 1. The highest BCUT2D eigenvalue weighted by molar-refractivity contribution is 9.10. The molecule has 0 saturated carbocycles. The third-order valence-electron chi connectivity index (χ3n) is 8.17. The van der Waals surface area contributed by atoms with Crippen molar-refractivity contribution in [2.75, 3.05) is 6.61 Å². The van der Waals surface area contributed by atoms with Gasteiger partial charge in [-0.2, -0.15) is 0 Å². The SMILES string of the molecule is CCOc1cc(/C=c2/sc3n(c2=O)[C@@H](c2ccc(Br)cc2)C2=C(N=3)c3ccccc3CC2)ccc1OCc1ccc([N+](=O)[O-])cc1. The summed E-state index contributed by atoms with van der Waals surface area (Å²) < 4.78 is 15.3. The molecular weight excluding hydrogens is 666 g/mol. The molecule has 0 fully saturated rings. The zero-order valence-corrected chi connectivity index (χ0v) is 27.2. The van der Waals surface area contributed by atoms with E-state index < -0.39 is 4.92 Å². The van der Waals surface area contributed by atoms with Gasteiger partial charge in [0.25, 0.3) is 11.2 Å². The monoisotopic (exact) mass is 693 g/mol. The number of halogens is 1. The Bertz CT molecular complexity index is 2190. The van der Waals surface area contributed by atoms with Gasteiger partial charge in [-0.25, -0.2) is 4.99 Å². The fourth-order valence-corrected chi connectivity index (χ4v) is 7.26. The summed E-state index contributed by atoms with van der Waals surface area (Å²) in [6, 6.07) is 28.2. The van der Waals surface area contributed by atoms with E-state index >= 15 is 0 Å². The Morgan fingerprint density at radius 3 is 2.54 bits per heavy atom. The summed E-state index contributed by atoms with van der Waals surface area (Å²) in [6.07, 6.45) is 3.61. The van der Waals surface area contributed by atoms with E-state index in [-0.39, 0.29) is 23.9 Å². The van der Waals surface area contributed by atoms with E-state index in [1.54, 1.807) is 12.1 Å². The first-order valence-corrected chi connectivity index (χ1v) is 16.5. The van der Waals surface area contributed by atoms with Crippen LogP contribution in [0.25, 0.3) is 11.8 Å². The summed E-state index contributed by atoms with van der Waals surface area (Å²) in [7, 11) is 0. The van der Waals surface area contributed by atoms with Crippen molar-refractivity contribution in [3.05, 3.63) is 159 Å². The summed E-state index contributed by atoms with van der Waals surface area (Å²) in [5, 5.41) is 11.0. The number of ether oxygens (including phenoxy) is 2. The predicted octanol–water partition coefficient (Wildman–Crippen LogP) is 6.97. The lowest BCUT2D eigenvalue weighted by Crippen LogP contribution is -2.38. The first-order valence-electron chi connectivity index (χ1n) is 14.9. The molecule has 5 aromatic rings. The zero-order chi connectivity index (χ0) is 31.8. The minimum absolute atomic E-state index is 0.0292. The summed E-state index contributed by atoms with van der Waals surface area (Å²) in [4.78, 5) is 30.5. The van der Waals surface area contributed by atoms with Crippen molar-refractivity contribution in [2.24, 2.45) is 4.99 Å². The number of aromatic nitrogens is 1. The number of fused-ring (bicyclic) bond motifs is 3. The van der Waals surface area contributed by atoms with E-state index in [0.717, 1.165) is 50.8 Å². The van der Waals surface area contributed by atoms with Crippen molar-refractivity contribution in [3.63, 3.8) is 0 Å². The molecule has 0 amide bonds. The van der Waals surface area contributed by atoms with Gasteiger partial charge in [0.15, 0.2) is 16.3 Å². The van der Waals surface area contributed by atoms with Gasteiger partial charge in [0, 0.05) is 22.2 Å². The minimum atomic E-state index is -0.429. The highest BCUT2D eigenvalue weighted by Gasteiger charge is 2.32. The van der Waals surface area contributed by atoms with Crippen LogP contribution in [0.4, 0.5) is 5.69 Å². The molecule has 0 unspecified atom stereocenters. The molecule has 2 heterocycles. The molecule has 1 aliphatic heterocycles. The number of rotatable bonds is 8. The molecule has 0 radical (unpaired) electrons. The van der Waals surface area contributed by atoms with E-state index in [2.05, 4.69) is 46.3 Å². The summed E-state index contributed by atoms with van der Waals surface area (Å²) in [6.45, 7) is 2.55. The summed E-state index contributed by atoms with van der Waals surface area (Å²) >= 11 is 4.94. The van der Waals surface area contributed by atoms with Crippen LogP contribution < -0.4 is 24.4 Å². The van der Waals surface area contributed by atoms with Crippen LogP contribution in [-0.4, -0.2) is 16.1 Å². The molecule has 10 heteroatoms. The Morgan fingerprint density at radius 1 is 1.00 bits per heavy atom. The number of benzene rings is 4. The quantitative estimate of drug-likeness (QED) is 0.129.